The molecule has 128 valence electrons. The summed E-state index contributed by atoms with van der Waals surface area (Å²) in [6.07, 6.45) is 5.80. The zero-order chi connectivity index (χ0) is 17.0. The monoisotopic (exact) mass is 321 g/mol. The lowest BCUT2D eigenvalue weighted by molar-refractivity contribution is 0.0479. The summed E-state index contributed by atoms with van der Waals surface area (Å²) < 4.78 is 12.5. The molecule has 0 N–H and O–H groups in total. The molecule has 1 aliphatic rings. The number of nitrogens with zero attached hydrogens (tertiary/aromatic N) is 1. The van der Waals surface area contributed by atoms with Gasteiger partial charge in [-0.3, -0.25) is 0 Å². The van der Waals surface area contributed by atoms with E-state index < -0.39 is 11.9 Å². The third-order valence-corrected chi connectivity index (χ3v) is 4.60. The van der Waals surface area contributed by atoms with Crippen LogP contribution < -0.4 is 0 Å². The summed E-state index contributed by atoms with van der Waals surface area (Å²) >= 11 is 0. The number of hydrogen-bond donors (Lipinski definition) is 0. The van der Waals surface area contributed by atoms with Crippen molar-refractivity contribution in [2.45, 2.75) is 65.8 Å². The fourth-order valence-corrected chi connectivity index (χ4v) is 3.65. The van der Waals surface area contributed by atoms with Gasteiger partial charge < -0.3 is 14.0 Å². The zero-order valence-electron chi connectivity index (χ0n) is 14.6. The van der Waals surface area contributed by atoms with Gasteiger partial charge in [-0.25, -0.2) is 9.59 Å². The Labute approximate surface area is 138 Å². The number of carbonyl (C=O) groups is 2. The predicted molar refractivity (Wildman–Crippen MR) is 87.9 cm³/mol. The molecule has 5 nitrogen and oxygen atoms in total. The molecule has 0 radical (unpaired) electrons. The normalized spacial score (nSPS) is 15.5. The highest BCUT2D eigenvalue weighted by molar-refractivity contribution is 6.05. The van der Waals surface area contributed by atoms with Crippen LogP contribution in [-0.4, -0.2) is 29.7 Å². The van der Waals surface area contributed by atoms with Crippen LogP contribution in [0.3, 0.4) is 0 Å². The van der Waals surface area contributed by atoms with Gasteiger partial charge in [-0.05, 0) is 40.5 Å². The standard InChI is InChI=1S/C18H27NO4/c1-5-22-17(20)15-12(3)19(14-10-8-7-9-11-14)13(4)16(15)18(21)23-6-2/h14H,5-11H2,1-4H3. The average molecular weight is 321 g/mol. The fraction of sp³-hybridized carbons (Fsp3) is 0.667. The Kier molecular flexibility index (Phi) is 5.85. The molecule has 1 fully saturated rings. The molecule has 1 aliphatic carbocycles. The molecule has 0 bridgehead atoms. The number of aromatic nitrogens is 1. The summed E-state index contributed by atoms with van der Waals surface area (Å²) in [5.41, 5.74) is 2.37. The molecule has 1 aromatic heterocycles. The van der Waals surface area contributed by atoms with Crippen molar-refractivity contribution in [3.05, 3.63) is 22.5 Å². The number of esters is 2. The highest BCUT2D eigenvalue weighted by atomic mass is 16.5. The van der Waals surface area contributed by atoms with Gasteiger partial charge in [-0.15, -0.1) is 0 Å². The van der Waals surface area contributed by atoms with E-state index in [2.05, 4.69) is 4.57 Å². The Balaban J connectivity index is 2.53. The van der Waals surface area contributed by atoms with Crippen molar-refractivity contribution in [3.8, 4) is 0 Å². The summed E-state index contributed by atoms with van der Waals surface area (Å²) in [6.45, 7) is 7.90. The second-order valence-corrected chi connectivity index (χ2v) is 6.02. The molecule has 1 aromatic rings. The Bertz CT molecular complexity index is 541. The topological polar surface area (TPSA) is 57.5 Å². The Morgan fingerprint density at radius 1 is 0.913 bits per heavy atom. The molecule has 0 atom stereocenters. The summed E-state index contributed by atoms with van der Waals surface area (Å²) in [5, 5.41) is 0. The lowest BCUT2D eigenvalue weighted by atomic mass is 9.95. The first kappa shape index (κ1) is 17.6. The molecular formula is C18H27NO4. The van der Waals surface area contributed by atoms with Gasteiger partial charge in [0.15, 0.2) is 0 Å². The maximum absolute atomic E-state index is 12.4. The lowest BCUT2D eigenvalue weighted by Gasteiger charge is -2.26. The van der Waals surface area contributed by atoms with Crippen molar-refractivity contribution in [1.29, 1.82) is 0 Å². The third-order valence-electron chi connectivity index (χ3n) is 4.60. The van der Waals surface area contributed by atoms with Crippen LogP contribution in [0.25, 0.3) is 0 Å². The maximum Gasteiger partial charge on any atom is 0.340 e. The summed E-state index contributed by atoms with van der Waals surface area (Å²) in [5.74, 6) is -0.878. The van der Waals surface area contributed by atoms with Crippen molar-refractivity contribution in [1.82, 2.24) is 4.57 Å². The van der Waals surface area contributed by atoms with Crippen LogP contribution in [0, 0.1) is 13.8 Å². The molecule has 23 heavy (non-hydrogen) atoms. The van der Waals surface area contributed by atoms with Crippen molar-refractivity contribution in [3.63, 3.8) is 0 Å². The smallest absolute Gasteiger partial charge is 0.340 e. The van der Waals surface area contributed by atoms with Gasteiger partial charge >= 0.3 is 11.9 Å². The van der Waals surface area contributed by atoms with E-state index in [1.54, 1.807) is 13.8 Å². The molecule has 1 heterocycles. The van der Waals surface area contributed by atoms with Crippen LogP contribution in [0.4, 0.5) is 0 Å². The minimum Gasteiger partial charge on any atom is -0.462 e. The van der Waals surface area contributed by atoms with E-state index in [0.717, 1.165) is 24.2 Å². The molecule has 0 unspecified atom stereocenters. The quantitative estimate of drug-likeness (QED) is 0.770. The Morgan fingerprint density at radius 3 is 1.74 bits per heavy atom. The lowest BCUT2D eigenvalue weighted by Crippen LogP contribution is -2.16. The van der Waals surface area contributed by atoms with Crippen LogP contribution in [-0.2, 0) is 9.47 Å². The van der Waals surface area contributed by atoms with Gasteiger partial charge in [0.25, 0.3) is 0 Å². The fourth-order valence-electron chi connectivity index (χ4n) is 3.65. The van der Waals surface area contributed by atoms with E-state index >= 15 is 0 Å². The predicted octanol–water partition coefficient (Wildman–Crippen LogP) is 3.96. The molecule has 5 heteroatoms. The Hall–Kier alpha value is -1.78. The van der Waals surface area contributed by atoms with E-state index in [1.807, 2.05) is 13.8 Å². The van der Waals surface area contributed by atoms with E-state index in [-0.39, 0.29) is 13.2 Å². The number of rotatable bonds is 5. The van der Waals surface area contributed by atoms with Gasteiger partial charge in [-0.1, -0.05) is 19.3 Å². The zero-order valence-corrected chi connectivity index (χ0v) is 14.6. The largest absolute Gasteiger partial charge is 0.462 e. The molecular weight excluding hydrogens is 294 g/mol. The Morgan fingerprint density at radius 2 is 1.35 bits per heavy atom. The van der Waals surface area contributed by atoms with Crippen LogP contribution in [0.5, 0.6) is 0 Å². The van der Waals surface area contributed by atoms with Gasteiger partial charge in [0, 0.05) is 17.4 Å². The van der Waals surface area contributed by atoms with Gasteiger partial charge in [0.2, 0.25) is 0 Å². The third kappa shape index (κ3) is 3.43. The molecule has 0 spiro atoms. The first-order valence-electron chi connectivity index (χ1n) is 8.58. The maximum atomic E-state index is 12.4. The minimum absolute atomic E-state index is 0.286. The molecule has 1 saturated carbocycles. The molecule has 0 aliphatic heterocycles. The van der Waals surface area contributed by atoms with Crippen molar-refractivity contribution < 1.29 is 19.1 Å². The second-order valence-electron chi connectivity index (χ2n) is 6.02. The molecule has 0 aromatic carbocycles. The molecule has 2 rings (SSSR count). The number of hydrogen-bond acceptors (Lipinski definition) is 4. The molecule has 0 saturated heterocycles. The summed E-state index contributed by atoms with van der Waals surface area (Å²) in [4.78, 5) is 24.8. The minimum atomic E-state index is -0.439. The summed E-state index contributed by atoms with van der Waals surface area (Å²) in [6, 6.07) is 0.347. The van der Waals surface area contributed by atoms with E-state index in [4.69, 9.17) is 9.47 Å². The molecule has 0 amide bonds. The van der Waals surface area contributed by atoms with Crippen molar-refractivity contribution >= 4 is 11.9 Å². The van der Waals surface area contributed by atoms with Crippen LogP contribution in [0.1, 0.15) is 84.1 Å². The highest BCUT2D eigenvalue weighted by Crippen LogP contribution is 2.35. The number of ether oxygens (including phenoxy) is 2. The van der Waals surface area contributed by atoms with Gasteiger partial charge in [0.1, 0.15) is 0 Å². The summed E-state index contributed by atoms with van der Waals surface area (Å²) in [7, 11) is 0. The van der Waals surface area contributed by atoms with E-state index in [9.17, 15) is 9.59 Å². The van der Waals surface area contributed by atoms with E-state index in [0.29, 0.717) is 17.2 Å². The number of carbonyl (C=O) groups excluding carboxylic acids is 2. The first-order valence-corrected chi connectivity index (χ1v) is 8.58. The van der Waals surface area contributed by atoms with Gasteiger partial charge in [-0.2, -0.15) is 0 Å². The van der Waals surface area contributed by atoms with Crippen LogP contribution >= 0.6 is 0 Å². The van der Waals surface area contributed by atoms with Crippen LogP contribution in [0.2, 0.25) is 0 Å². The highest BCUT2D eigenvalue weighted by Gasteiger charge is 2.31. The van der Waals surface area contributed by atoms with Crippen molar-refractivity contribution in [2.75, 3.05) is 13.2 Å². The van der Waals surface area contributed by atoms with E-state index in [1.165, 1.54) is 19.3 Å². The average Bonchev–Trinajstić information content (AvgIpc) is 2.79. The van der Waals surface area contributed by atoms with Gasteiger partial charge in [0.05, 0.1) is 24.3 Å². The first-order chi connectivity index (χ1) is 11.0. The van der Waals surface area contributed by atoms with Crippen molar-refractivity contribution in [2.24, 2.45) is 0 Å². The van der Waals surface area contributed by atoms with Crippen LogP contribution in [0.15, 0.2) is 0 Å². The second kappa shape index (κ2) is 7.66. The SMILES string of the molecule is CCOC(=O)c1c(C(=O)OCC)c(C)n(C2CCCCC2)c1C.